The zero-order valence-corrected chi connectivity index (χ0v) is 12.5. The molecule has 5 nitrogen and oxygen atoms in total. The van der Waals surface area contributed by atoms with Gasteiger partial charge in [-0.3, -0.25) is 10.7 Å². The number of rotatable bonds is 3. The van der Waals surface area contributed by atoms with Crippen LogP contribution >= 0.6 is 24.0 Å². The lowest BCUT2D eigenvalue weighted by Gasteiger charge is -2.17. The second-order valence-electron chi connectivity index (χ2n) is 4.21. The van der Waals surface area contributed by atoms with E-state index in [-0.39, 0.29) is 0 Å². The number of hydrogen-bond acceptors (Lipinski definition) is 6. The van der Waals surface area contributed by atoms with Gasteiger partial charge in [0.05, 0.1) is 5.69 Å². The summed E-state index contributed by atoms with van der Waals surface area (Å²) in [4.78, 5) is 0. The topological polar surface area (TPSA) is 66.7 Å². The van der Waals surface area contributed by atoms with Crippen molar-refractivity contribution < 1.29 is 14.4 Å². The van der Waals surface area contributed by atoms with Crippen LogP contribution in [0.3, 0.4) is 0 Å². The molecular weight excluding hydrogens is 308 g/mol. The van der Waals surface area contributed by atoms with Gasteiger partial charge in [0.25, 0.3) is 0 Å². The van der Waals surface area contributed by atoms with Gasteiger partial charge in [0.2, 0.25) is 0 Å². The molecule has 0 saturated carbocycles. The summed E-state index contributed by atoms with van der Waals surface area (Å²) in [6.45, 7) is 0.376. The normalized spacial score (nSPS) is 16.4. The second-order valence-corrected chi connectivity index (χ2v) is 5.89. The molecule has 1 aromatic heterocycles. The monoisotopic (exact) mass is 320 g/mol. The first-order chi connectivity index (χ1) is 10.2. The molecule has 3 N–H and O–H groups in total. The highest BCUT2D eigenvalue weighted by atomic mass is 32.2. The zero-order valence-electron chi connectivity index (χ0n) is 10.8. The molecule has 21 heavy (non-hydrogen) atoms. The fourth-order valence-corrected chi connectivity index (χ4v) is 2.72. The van der Waals surface area contributed by atoms with Gasteiger partial charge in [-0.15, -0.1) is 0 Å². The van der Waals surface area contributed by atoms with Crippen LogP contribution in [-0.2, 0) is 4.74 Å². The van der Waals surface area contributed by atoms with Gasteiger partial charge in [-0.1, -0.05) is 12.2 Å². The SMILES string of the molecule is ONc1ccc(-c2ccc(/C=C3\OCNC(=S)S3)o2)cc1. The Balaban J connectivity index is 1.79. The van der Waals surface area contributed by atoms with Gasteiger partial charge >= 0.3 is 0 Å². The molecule has 0 bridgehead atoms. The van der Waals surface area contributed by atoms with Crippen molar-refractivity contribution >= 4 is 40.1 Å². The maximum absolute atomic E-state index is 8.79. The molecule has 1 aliphatic rings. The fourth-order valence-electron chi connectivity index (χ4n) is 1.80. The third kappa shape index (κ3) is 3.38. The fraction of sp³-hybridized carbons (Fsp3) is 0.0714. The smallest absolute Gasteiger partial charge is 0.166 e. The standard InChI is InChI=1S/C14H12N2O3S2/c17-16-10-3-1-9(2-4-10)12-6-5-11(19-12)7-13-18-8-15-14(20)21-13/h1-7,16-17H,8H2,(H,15,20)/b13-7+. The largest absolute Gasteiger partial charge is 0.466 e. The minimum Gasteiger partial charge on any atom is -0.466 e. The number of furan rings is 1. The van der Waals surface area contributed by atoms with Crippen LogP contribution in [0.4, 0.5) is 5.69 Å². The van der Waals surface area contributed by atoms with Crippen LogP contribution in [-0.4, -0.2) is 16.3 Å². The van der Waals surface area contributed by atoms with E-state index in [1.165, 1.54) is 11.8 Å². The van der Waals surface area contributed by atoms with E-state index in [9.17, 15) is 0 Å². The zero-order chi connectivity index (χ0) is 14.7. The number of thiocarbonyl (C=S) groups is 1. The van der Waals surface area contributed by atoms with Gasteiger partial charge in [0, 0.05) is 11.6 Å². The van der Waals surface area contributed by atoms with Crippen molar-refractivity contribution in [3.63, 3.8) is 0 Å². The lowest BCUT2D eigenvalue weighted by atomic mass is 10.1. The van der Waals surface area contributed by atoms with Crippen molar-refractivity contribution in [1.82, 2.24) is 5.32 Å². The molecule has 0 radical (unpaired) electrons. The highest BCUT2D eigenvalue weighted by Crippen LogP contribution is 2.28. The number of ether oxygens (including phenoxy) is 1. The number of nitrogens with one attached hydrogen (secondary N) is 2. The Morgan fingerprint density at radius 2 is 2.05 bits per heavy atom. The first-order valence-electron chi connectivity index (χ1n) is 6.15. The van der Waals surface area contributed by atoms with Crippen molar-refractivity contribution in [2.24, 2.45) is 0 Å². The van der Waals surface area contributed by atoms with Crippen molar-refractivity contribution in [2.45, 2.75) is 0 Å². The Hall–Kier alpha value is -1.96. The Morgan fingerprint density at radius 3 is 2.76 bits per heavy atom. The van der Waals surface area contributed by atoms with E-state index in [1.54, 1.807) is 12.1 Å². The number of benzene rings is 1. The molecule has 2 heterocycles. The predicted molar refractivity (Wildman–Crippen MR) is 86.8 cm³/mol. The van der Waals surface area contributed by atoms with Crippen LogP contribution in [0, 0.1) is 0 Å². The lowest BCUT2D eigenvalue weighted by Crippen LogP contribution is -2.26. The molecule has 1 aliphatic heterocycles. The van der Waals surface area contributed by atoms with Crippen molar-refractivity contribution in [1.29, 1.82) is 0 Å². The Bertz CT molecular complexity index is 680. The number of thioether (sulfide) groups is 1. The Kier molecular flexibility index (Phi) is 4.14. The van der Waals surface area contributed by atoms with E-state index >= 15 is 0 Å². The van der Waals surface area contributed by atoms with E-state index in [0.29, 0.717) is 27.6 Å². The molecule has 0 amide bonds. The summed E-state index contributed by atoms with van der Waals surface area (Å²) in [5.41, 5.74) is 3.64. The van der Waals surface area contributed by atoms with Crippen LogP contribution in [0.15, 0.2) is 45.9 Å². The maximum Gasteiger partial charge on any atom is 0.166 e. The first-order valence-corrected chi connectivity index (χ1v) is 7.37. The Labute approximate surface area is 130 Å². The van der Waals surface area contributed by atoms with Crippen molar-refractivity contribution in [3.05, 3.63) is 47.2 Å². The van der Waals surface area contributed by atoms with Crippen LogP contribution < -0.4 is 10.8 Å². The van der Waals surface area contributed by atoms with E-state index in [4.69, 9.17) is 26.6 Å². The highest BCUT2D eigenvalue weighted by molar-refractivity contribution is 8.25. The Morgan fingerprint density at radius 1 is 1.24 bits per heavy atom. The molecule has 2 aromatic rings. The molecule has 108 valence electrons. The third-order valence-corrected chi connectivity index (χ3v) is 3.97. The first kappa shape index (κ1) is 14.0. The molecule has 0 aliphatic carbocycles. The minimum atomic E-state index is 0.376. The summed E-state index contributed by atoms with van der Waals surface area (Å²) in [6.07, 6.45) is 1.81. The van der Waals surface area contributed by atoms with Crippen molar-refractivity contribution in [3.8, 4) is 11.3 Å². The quantitative estimate of drug-likeness (QED) is 0.589. The molecule has 1 aromatic carbocycles. The van der Waals surface area contributed by atoms with E-state index in [1.807, 2.05) is 30.3 Å². The summed E-state index contributed by atoms with van der Waals surface area (Å²) in [6, 6.07) is 11.0. The third-order valence-electron chi connectivity index (χ3n) is 2.81. The summed E-state index contributed by atoms with van der Waals surface area (Å²) in [7, 11) is 0. The van der Waals surface area contributed by atoms with Gasteiger partial charge in [0.1, 0.15) is 15.8 Å². The van der Waals surface area contributed by atoms with Crippen molar-refractivity contribution in [2.75, 3.05) is 12.2 Å². The molecule has 1 fully saturated rings. The van der Waals surface area contributed by atoms with Crippen LogP contribution in [0.25, 0.3) is 17.4 Å². The molecule has 7 heteroatoms. The highest BCUT2D eigenvalue weighted by Gasteiger charge is 2.12. The molecule has 0 spiro atoms. The summed E-state index contributed by atoms with van der Waals surface area (Å²) in [5.74, 6) is 1.44. The number of anilines is 1. The molecule has 1 saturated heterocycles. The molecule has 0 atom stereocenters. The second kappa shape index (κ2) is 6.21. The van der Waals surface area contributed by atoms with E-state index < -0.39 is 0 Å². The molecule has 0 unspecified atom stereocenters. The van der Waals surface area contributed by atoms with E-state index in [0.717, 1.165) is 11.3 Å². The average Bonchev–Trinajstić information content (AvgIpc) is 2.96. The van der Waals surface area contributed by atoms with Gasteiger partial charge in [0.15, 0.2) is 11.8 Å². The predicted octanol–water partition coefficient (Wildman–Crippen LogP) is 3.64. The molecule has 3 rings (SSSR count). The number of hydrogen-bond donors (Lipinski definition) is 3. The minimum absolute atomic E-state index is 0.376. The van der Waals surface area contributed by atoms with Gasteiger partial charge in [-0.05, 0) is 48.2 Å². The summed E-state index contributed by atoms with van der Waals surface area (Å²) in [5, 5.41) is 12.4. The lowest BCUT2D eigenvalue weighted by molar-refractivity contribution is 0.232. The van der Waals surface area contributed by atoms with Gasteiger partial charge in [-0.25, -0.2) is 0 Å². The maximum atomic E-state index is 8.79. The summed E-state index contributed by atoms with van der Waals surface area (Å²) < 4.78 is 11.9. The van der Waals surface area contributed by atoms with Gasteiger partial charge < -0.3 is 14.5 Å². The van der Waals surface area contributed by atoms with Crippen LogP contribution in [0.5, 0.6) is 0 Å². The van der Waals surface area contributed by atoms with Crippen LogP contribution in [0.1, 0.15) is 5.76 Å². The summed E-state index contributed by atoms with van der Waals surface area (Å²) >= 11 is 6.43. The average molecular weight is 320 g/mol. The van der Waals surface area contributed by atoms with E-state index in [2.05, 4.69) is 10.8 Å². The van der Waals surface area contributed by atoms with Crippen LogP contribution in [0.2, 0.25) is 0 Å². The molecular formula is C14H12N2O3S2. The van der Waals surface area contributed by atoms with Gasteiger partial charge in [-0.2, -0.15) is 0 Å².